The maximum atomic E-state index is 6.07. The maximum absolute atomic E-state index is 6.07. The van der Waals surface area contributed by atoms with Gasteiger partial charge in [-0.2, -0.15) is 0 Å². The molecule has 0 heterocycles. The number of rotatable bonds is 9. The average molecular weight is 511 g/mol. The van der Waals surface area contributed by atoms with Gasteiger partial charge in [0, 0.05) is 4.43 Å². The summed E-state index contributed by atoms with van der Waals surface area (Å²) in [5.41, 5.74) is 6.37. The van der Waals surface area contributed by atoms with Crippen LogP contribution in [0.2, 0.25) is 0 Å². The number of benzene rings is 3. The van der Waals surface area contributed by atoms with Crippen LogP contribution in [0.15, 0.2) is 84.9 Å². The lowest BCUT2D eigenvalue weighted by Gasteiger charge is -2.22. The number of halogens is 1. The Bertz CT molecular complexity index is 934. The van der Waals surface area contributed by atoms with Crippen molar-refractivity contribution in [3.05, 3.63) is 102 Å². The lowest BCUT2D eigenvalue weighted by molar-refractivity contribution is 0.203. The Morgan fingerprint density at radius 3 is 1.83 bits per heavy atom. The predicted octanol–water partition coefficient (Wildman–Crippen LogP) is 6.80. The lowest BCUT2D eigenvalue weighted by Crippen LogP contribution is -2.34. The van der Waals surface area contributed by atoms with Crippen molar-refractivity contribution in [2.24, 2.45) is 0 Å². The highest BCUT2D eigenvalue weighted by Crippen LogP contribution is 2.34. The van der Waals surface area contributed by atoms with Gasteiger partial charge in [-0.15, -0.1) is 0 Å². The number of likely N-dealkylation sites (N-methyl/N-ethyl adjacent to an activating group) is 1. The Kier molecular flexibility index (Phi) is 8.52. The third kappa shape index (κ3) is 5.73. The van der Waals surface area contributed by atoms with E-state index in [2.05, 4.69) is 133 Å². The number of hydrogen-bond acceptors (Lipinski definition) is 2. The van der Waals surface area contributed by atoms with Gasteiger partial charge in [0.1, 0.15) is 12.4 Å². The first-order chi connectivity index (χ1) is 14.6. The normalized spacial score (nSPS) is 13.1. The van der Waals surface area contributed by atoms with E-state index in [0.717, 1.165) is 16.6 Å². The molecule has 30 heavy (non-hydrogen) atoms. The molecule has 3 rings (SSSR count). The minimum Gasteiger partial charge on any atom is -0.492 e. The van der Waals surface area contributed by atoms with Crippen LogP contribution in [-0.2, 0) is 0 Å². The predicted molar refractivity (Wildman–Crippen MR) is 137 cm³/mol. The summed E-state index contributed by atoms with van der Waals surface area (Å²) in [5.74, 6) is 0.917. The van der Waals surface area contributed by atoms with Gasteiger partial charge in [0.15, 0.2) is 0 Å². The van der Waals surface area contributed by atoms with Crippen molar-refractivity contribution in [3.8, 4) is 5.75 Å². The van der Waals surface area contributed by atoms with Gasteiger partial charge in [-0.25, -0.2) is 0 Å². The number of alkyl halides is 1. The van der Waals surface area contributed by atoms with Gasteiger partial charge in [-0.05, 0) is 60.5 Å². The van der Waals surface area contributed by atoms with Gasteiger partial charge in [0.2, 0.25) is 0 Å². The van der Waals surface area contributed by atoms with Crippen molar-refractivity contribution in [2.75, 3.05) is 25.1 Å². The zero-order chi connectivity index (χ0) is 21.3. The molecule has 0 spiro atoms. The van der Waals surface area contributed by atoms with E-state index >= 15 is 0 Å². The Balaban J connectivity index is 1.96. The average Bonchev–Trinajstić information content (AvgIpc) is 2.79. The summed E-state index contributed by atoms with van der Waals surface area (Å²) >= 11 is 2.42. The van der Waals surface area contributed by atoms with E-state index in [1.54, 1.807) is 0 Å². The fraction of sp³-hybridized carbons (Fsp3) is 0.259. The quantitative estimate of drug-likeness (QED) is 0.178. The van der Waals surface area contributed by atoms with Crippen LogP contribution in [0.25, 0.3) is 11.1 Å². The molecule has 0 N–H and O–H groups in total. The Morgan fingerprint density at radius 2 is 1.33 bits per heavy atom. The van der Waals surface area contributed by atoms with Crippen molar-refractivity contribution < 1.29 is 4.74 Å². The highest BCUT2D eigenvalue weighted by Gasteiger charge is 2.14. The second-order valence-corrected chi connectivity index (χ2v) is 8.43. The molecular formula is C27H30INO. The third-order valence-electron chi connectivity index (χ3n) is 5.33. The molecule has 0 aromatic heterocycles. The second-order valence-electron chi connectivity index (χ2n) is 7.55. The Labute approximate surface area is 194 Å². The highest BCUT2D eigenvalue weighted by atomic mass is 127. The molecule has 0 aliphatic rings. The fourth-order valence-electron chi connectivity index (χ4n) is 3.53. The van der Waals surface area contributed by atoms with Gasteiger partial charge in [-0.3, -0.25) is 0 Å². The zero-order valence-electron chi connectivity index (χ0n) is 18.0. The zero-order valence-corrected chi connectivity index (χ0v) is 20.2. The van der Waals surface area contributed by atoms with Crippen LogP contribution in [-0.4, -0.2) is 36.1 Å². The van der Waals surface area contributed by atoms with Gasteiger partial charge in [0.25, 0.3) is 0 Å². The SMILES string of the molecule is CC/C(=C(\c1ccccc1)c1ccc(OCC(CI)N(C)C)cc1)c1ccccc1. The largest absolute Gasteiger partial charge is 0.492 e. The van der Waals surface area contributed by atoms with Crippen LogP contribution in [0.3, 0.4) is 0 Å². The fourth-order valence-corrected chi connectivity index (χ4v) is 4.57. The molecule has 3 aromatic carbocycles. The molecule has 3 heteroatoms. The van der Waals surface area contributed by atoms with E-state index in [0.29, 0.717) is 12.6 Å². The lowest BCUT2D eigenvalue weighted by atomic mass is 9.88. The molecule has 3 aromatic rings. The van der Waals surface area contributed by atoms with E-state index in [1.807, 2.05) is 0 Å². The van der Waals surface area contributed by atoms with E-state index in [9.17, 15) is 0 Å². The minimum absolute atomic E-state index is 0.412. The van der Waals surface area contributed by atoms with Gasteiger partial charge >= 0.3 is 0 Å². The van der Waals surface area contributed by atoms with Gasteiger partial charge in [0.05, 0.1) is 6.04 Å². The molecule has 0 bridgehead atoms. The van der Waals surface area contributed by atoms with Crippen LogP contribution >= 0.6 is 22.6 Å². The first-order valence-electron chi connectivity index (χ1n) is 10.4. The summed E-state index contributed by atoms with van der Waals surface area (Å²) in [5, 5.41) is 0. The van der Waals surface area contributed by atoms with Crippen LogP contribution in [0.5, 0.6) is 5.75 Å². The molecule has 0 saturated heterocycles. The highest BCUT2D eigenvalue weighted by molar-refractivity contribution is 14.1. The molecule has 0 aliphatic carbocycles. The van der Waals surface area contributed by atoms with Crippen LogP contribution in [0.1, 0.15) is 30.0 Å². The molecule has 0 aliphatic heterocycles. The number of hydrogen-bond donors (Lipinski definition) is 0. The molecule has 0 radical (unpaired) electrons. The van der Waals surface area contributed by atoms with E-state index in [4.69, 9.17) is 4.74 Å². The summed E-state index contributed by atoms with van der Waals surface area (Å²) in [6.45, 7) is 2.93. The van der Waals surface area contributed by atoms with Crippen molar-refractivity contribution in [3.63, 3.8) is 0 Å². The van der Waals surface area contributed by atoms with E-state index in [1.165, 1.54) is 27.8 Å². The molecule has 1 atom stereocenters. The molecule has 156 valence electrons. The van der Waals surface area contributed by atoms with Crippen molar-refractivity contribution in [2.45, 2.75) is 19.4 Å². The van der Waals surface area contributed by atoms with Gasteiger partial charge < -0.3 is 9.64 Å². The molecule has 2 nitrogen and oxygen atoms in total. The Morgan fingerprint density at radius 1 is 0.800 bits per heavy atom. The minimum atomic E-state index is 0.412. The second kappa shape index (κ2) is 11.3. The summed E-state index contributed by atoms with van der Waals surface area (Å²) in [6.07, 6.45) is 0.965. The Hall–Kier alpha value is -2.11. The summed E-state index contributed by atoms with van der Waals surface area (Å²) in [6, 6.07) is 30.3. The summed E-state index contributed by atoms with van der Waals surface area (Å²) in [7, 11) is 4.20. The molecule has 0 saturated carbocycles. The molecule has 0 amide bonds. The molecular weight excluding hydrogens is 481 g/mol. The van der Waals surface area contributed by atoms with Crippen LogP contribution < -0.4 is 4.74 Å². The van der Waals surface area contributed by atoms with Crippen molar-refractivity contribution in [1.29, 1.82) is 0 Å². The first-order valence-corrected chi connectivity index (χ1v) is 12.0. The van der Waals surface area contributed by atoms with Crippen LogP contribution in [0.4, 0.5) is 0 Å². The number of nitrogens with zero attached hydrogens (tertiary/aromatic N) is 1. The first kappa shape index (κ1) is 22.6. The van der Waals surface area contributed by atoms with Crippen LogP contribution in [0, 0.1) is 0 Å². The van der Waals surface area contributed by atoms with E-state index < -0.39 is 0 Å². The topological polar surface area (TPSA) is 12.5 Å². The van der Waals surface area contributed by atoms with E-state index in [-0.39, 0.29) is 0 Å². The van der Waals surface area contributed by atoms with Crippen molar-refractivity contribution >= 4 is 33.7 Å². The summed E-state index contributed by atoms with van der Waals surface area (Å²) in [4.78, 5) is 2.21. The summed E-state index contributed by atoms with van der Waals surface area (Å²) < 4.78 is 7.11. The molecule has 1 unspecified atom stereocenters. The number of ether oxygens (including phenoxy) is 1. The monoisotopic (exact) mass is 511 g/mol. The van der Waals surface area contributed by atoms with Gasteiger partial charge in [-0.1, -0.05) is 102 Å². The number of allylic oxidation sites excluding steroid dienone is 1. The maximum Gasteiger partial charge on any atom is 0.119 e. The third-order valence-corrected chi connectivity index (χ3v) is 6.35. The molecule has 0 fully saturated rings. The smallest absolute Gasteiger partial charge is 0.119 e. The van der Waals surface area contributed by atoms with Crippen molar-refractivity contribution in [1.82, 2.24) is 4.90 Å². The standard InChI is InChI=1S/C27H30INO/c1-4-26(21-11-7-5-8-12-21)27(22-13-9-6-10-14-22)23-15-17-25(18-16-23)30-20-24(19-28)29(2)3/h5-18,24H,4,19-20H2,1-3H3/b27-26-.